The Morgan fingerprint density at radius 1 is 0.171 bits per heavy atom. The van der Waals surface area contributed by atoms with Crippen LogP contribution in [-0.4, -0.2) is 19.9 Å². The van der Waals surface area contributed by atoms with Crippen molar-refractivity contribution in [2.75, 3.05) is 0 Å². The molecule has 117 heavy (non-hydrogen) atoms. The average Bonchev–Trinajstić information content (AvgIpc) is 1.55. The molecule has 20 rings (SSSR count). The van der Waals surface area contributed by atoms with Crippen molar-refractivity contribution in [3.63, 3.8) is 0 Å². The van der Waals surface area contributed by atoms with Crippen LogP contribution in [0, 0.1) is 0 Å². The van der Waals surface area contributed by atoms with E-state index in [1.807, 2.05) is 0 Å². The Kier molecular flexibility index (Phi) is 17.6. The van der Waals surface area contributed by atoms with Crippen LogP contribution < -0.4 is 0 Å². The lowest BCUT2D eigenvalue weighted by atomic mass is 9.85. The van der Waals surface area contributed by atoms with Gasteiger partial charge in [0, 0.05) is 60.1 Å². The van der Waals surface area contributed by atoms with Gasteiger partial charge in [0.1, 0.15) is 0 Å². The third-order valence-electron chi connectivity index (χ3n) is 24.3. The summed E-state index contributed by atoms with van der Waals surface area (Å²) in [7, 11) is 0. The minimum atomic E-state index is -0.144. The summed E-state index contributed by atoms with van der Waals surface area (Å²) in [6.07, 6.45) is 0. The van der Waals surface area contributed by atoms with Crippen molar-refractivity contribution in [3.05, 3.63) is 381 Å². The van der Waals surface area contributed by atoms with E-state index >= 15 is 0 Å². The van der Waals surface area contributed by atoms with Gasteiger partial charge in [-0.1, -0.05) is 378 Å². The van der Waals surface area contributed by atoms with Crippen molar-refractivity contribution in [2.45, 2.75) is 78.6 Å². The van der Waals surface area contributed by atoms with Crippen LogP contribution in [0.5, 0.6) is 0 Å². The fourth-order valence-electron chi connectivity index (χ4n) is 18.1. The molecule has 1 aliphatic carbocycles. The fourth-order valence-corrected chi connectivity index (χ4v) is 18.1. The number of hydrogen-bond donors (Lipinski definition) is 3. The SMILES string of the molecule is CC(C)(C)c1ccc(-c2c3nc(c4[nH]c(c(-c5ccc(C(C)(C)C)cc5)c5[nH]c(c(-c6ccc(C(C)(C)C)cc6)c6[nH]c2c2cc(-c7ccccc7)c(-c7ccccc7)cc62)c2cc(-c6ccccc6)c(-c6ccccc6)cc52)c2cc(-c5ccccc5)c(-c5ccccc5)cc42)-c2cc(-c4ccccc4)c(-c4ccccc4)cc2-3)cc1. The third kappa shape index (κ3) is 12.8. The van der Waals surface area contributed by atoms with Crippen molar-refractivity contribution in [3.8, 4) is 145 Å². The summed E-state index contributed by atoms with van der Waals surface area (Å²) in [5.74, 6) is 0. The van der Waals surface area contributed by atoms with E-state index in [0.29, 0.717) is 0 Å². The van der Waals surface area contributed by atoms with E-state index in [1.54, 1.807) is 0 Å². The molecule has 0 radical (unpaired) electrons. The summed E-state index contributed by atoms with van der Waals surface area (Å²) in [6.45, 7) is 20.8. The monoisotopic (exact) mass is 1500 g/mol. The molecule has 3 N–H and O–H groups in total. The highest BCUT2D eigenvalue weighted by Gasteiger charge is 2.32. The lowest BCUT2D eigenvalue weighted by Gasteiger charge is -2.19. The average molecular weight is 1500 g/mol. The number of aromatic amines is 3. The molecule has 562 valence electrons. The maximum atomic E-state index is 6.55. The van der Waals surface area contributed by atoms with Gasteiger partial charge in [0.05, 0.1) is 44.5 Å². The number of nitrogens with one attached hydrogen (secondary N) is 3. The predicted octanol–water partition coefficient (Wildman–Crippen LogP) is 31.5. The topological polar surface area (TPSA) is 60.3 Å². The van der Waals surface area contributed by atoms with Crippen LogP contribution in [0.1, 0.15) is 79.0 Å². The smallest absolute Gasteiger partial charge is 0.0957 e. The molecule has 0 fully saturated rings. The largest absolute Gasteiger partial charge is 0.353 e. The summed E-state index contributed by atoms with van der Waals surface area (Å²) in [6, 6.07) is 136. The molecule has 4 heteroatoms. The lowest BCUT2D eigenvalue weighted by molar-refractivity contribution is 0.590. The van der Waals surface area contributed by atoms with Crippen LogP contribution in [0.25, 0.3) is 210 Å². The number of rotatable bonds is 11. The second-order valence-corrected chi connectivity index (χ2v) is 34.7. The zero-order valence-corrected chi connectivity index (χ0v) is 67.6. The first kappa shape index (κ1) is 72.1. The quantitative estimate of drug-likeness (QED) is 0.119. The zero-order chi connectivity index (χ0) is 79.4. The molecule has 0 amide bonds. The molecule has 3 aromatic heterocycles. The summed E-state index contributed by atoms with van der Waals surface area (Å²) >= 11 is 0. The molecule has 8 bridgehead atoms. The Labute approximate surface area is 684 Å². The number of hydrogen-bond acceptors (Lipinski definition) is 1. The van der Waals surface area contributed by atoms with Gasteiger partial charge in [-0.25, -0.2) is 4.98 Å². The molecule has 0 saturated heterocycles. The molecule has 2 aliphatic rings. The second-order valence-electron chi connectivity index (χ2n) is 34.7. The Morgan fingerprint density at radius 3 is 0.590 bits per heavy atom. The molecule has 15 aromatic carbocycles. The van der Waals surface area contributed by atoms with Gasteiger partial charge in [0.25, 0.3) is 0 Å². The van der Waals surface area contributed by atoms with Gasteiger partial charge in [0.15, 0.2) is 0 Å². The molecule has 4 heterocycles. The molecule has 0 atom stereocenters. The van der Waals surface area contributed by atoms with Crippen LogP contribution in [0.3, 0.4) is 0 Å². The zero-order valence-electron chi connectivity index (χ0n) is 67.6. The van der Waals surface area contributed by atoms with Crippen LogP contribution in [-0.2, 0) is 16.2 Å². The summed E-state index contributed by atoms with van der Waals surface area (Å²) in [5.41, 5.74) is 36.9. The van der Waals surface area contributed by atoms with Crippen LogP contribution in [0.15, 0.2) is 364 Å². The van der Waals surface area contributed by atoms with Gasteiger partial charge >= 0.3 is 0 Å². The Balaban J connectivity index is 1.12. The summed E-state index contributed by atoms with van der Waals surface area (Å²) in [4.78, 5) is 20.3. The van der Waals surface area contributed by atoms with Gasteiger partial charge in [-0.05, 0) is 187 Å². The van der Waals surface area contributed by atoms with Crippen LogP contribution in [0.4, 0.5) is 0 Å². The Bertz CT molecular complexity index is 7160. The molecule has 4 nitrogen and oxygen atoms in total. The number of benzene rings is 15. The van der Waals surface area contributed by atoms with Crippen molar-refractivity contribution in [1.82, 2.24) is 19.9 Å². The molecule has 18 aromatic rings. The maximum absolute atomic E-state index is 6.55. The molecule has 0 saturated carbocycles. The van der Waals surface area contributed by atoms with E-state index in [1.165, 1.54) is 16.7 Å². The predicted molar refractivity (Wildman–Crippen MR) is 499 cm³/mol. The van der Waals surface area contributed by atoms with Gasteiger partial charge in [-0.15, -0.1) is 0 Å². The molecular formula is C113H90N4. The molecule has 1 aliphatic heterocycles. The Morgan fingerprint density at radius 2 is 0.359 bits per heavy atom. The van der Waals surface area contributed by atoms with E-state index in [0.717, 1.165) is 210 Å². The van der Waals surface area contributed by atoms with E-state index in [-0.39, 0.29) is 16.2 Å². The number of fused-ring (bicyclic) bond motifs is 1. The van der Waals surface area contributed by atoms with E-state index < -0.39 is 0 Å². The van der Waals surface area contributed by atoms with Crippen molar-refractivity contribution in [1.29, 1.82) is 0 Å². The normalized spacial score (nSPS) is 12.1. The number of nitrogens with zero attached hydrogens (tertiary/aromatic N) is 1. The minimum absolute atomic E-state index is 0.140. The van der Waals surface area contributed by atoms with E-state index in [4.69, 9.17) is 4.98 Å². The lowest BCUT2D eigenvalue weighted by Crippen LogP contribution is -2.10. The molecule has 0 spiro atoms. The Hall–Kier alpha value is -13.9. The first-order valence-electron chi connectivity index (χ1n) is 41.1. The summed E-state index contributed by atoms with van der Waals surface area (Å²) < 4.78 is 0. The van der Waals surface area contributed by atoms with Crippen LogP contribution in [0.2, 0.25) is 0 Å². The van der Waals surface area contributed by atoms with Crippen molar-refractivity contribution in [2.24, 2.45) is 0 Å². The maximum Gasteiger partial charge on any atom is 0.0957 e. The highest BCUT2D eigenvalue weighted by Crippen LogP contribution is 2.55. The minimum Gasteiger partial charge on any atom is -0.353 e. The number of aromatic nitrogens is 4. The highest BCUT2D eigenvalue weighted by atomic mass is 14.8. The highest BCUT2D eigenvalue weighted by molar-refractivity contribution is 6.28. The van der Waals surface area contributed by atoms with Gasteiger partial charge in [-0.3, -0.25) is 0 Å². The fraction of sp³-hybridized carbons (Fsp3) is 0.106. The summed E-state index contributed by atoms with van der Waals surface area (Å²) in [5, 5.41) is 6.37. The van der Waals surface area contributed by atoms with Gasteiger partial charge in [-0.2, -0.15) is 0 Å². The first-order valence-corrected chi connectivity index (χ1v) is 41.1. The van der Waals surface area contributed by atoms with Crippen molar-refractivity contribution >= 4 is 65.4 Å². The van der Waals surface area contributed by atoms with Crippen LogP contribution >= 0.6 is 0 Å². The van der Waals surface area contributed by atoms with Gasteiger partial charge in [0.2, 0.25) is 0 Å². The second kappa shape index (κ2) is 28.6. The third-order valence-corrected chi connectivity index (χ3v) is 24.3. The van der Waals surface area contributed by atoms with Crippen molar-refractivity contribution < 1.29 is 0 Å². The molecule has 0 unspecified atom stereocenters. The standard InChI is InChI=1S/C113H90N4/c1-111(2,3)81-56-50-78(51-57-81)100-103-92-62-84(70-34-18-10-19-35-70)86(72-38-22-12-23-39-72)64-94(92)105(114-103)101(79-52-58-82(59-53-79)112(4,5)6)107-96-66-88(74-42-26-14-27-43-74)90(76-46-30-16-31-47-76)68-98(96)109(116-107)110-99-69-91(77-48-32-17-33-49-77)89(75-44-28-15-29-45-75)67-97(99)108(117-110)102(80-54-60-83(61-55-80)113(7,8)9)106-95-65-87(73-40-24-13-25-41-73)85(63-93(95)104(100)115-106)71-36-20-11-21-37-71/h10-69,114-116H,1-9H3. The van der Waals surface area contributed by atoms with E-state index in [2.05, 4.69) is 441 Å². The number of H-pyrrole nitrogens is 3. The van der Waals surface area contributed by atoms with Gasteiger partial charge < -0.3 is 15.0 Å². The molecular weight excluding hydrogens is 1410 g/mol. The van der Waals surface area contributed by atoms with E-state index in [9.17, 15) is 0 Å². The first-order chi connectivity index (χ1) is 56.9.